The van der Waals surface area contributed by atoms with Crippen molar-refractivity contribution in [3.8, 4) is 0 Å². The molecule has 0 saturated heterocycles. The van der Waals surface area contributed by atoms with Gasteiger partial charge in [-0.15, -0.1) is 0 Å². The van der Waals surface area contributed by atoms with E-state index in [4.69, 9.17) is 0 Å². The van der Waals surface area contributed by atoms with Gasteiger partial charge >= 0.3 is 12.1 Å². The molecule has 0 aromatic heterocycles. The second-order valence-corrected chi connectivity index (χ2v) is 5.95. The number of carbonyl (C=O) groups excluding carboxylic acids is 3. The van der Waals surface area contributed by atoms with Gasteiger partial charge in [0, 0.05) is 6.54 Å². The molecule has 0 spiro atoms. The van der Waals surface area contributed by atoms with Crippen LogP contribution in [0.5, 0.6) is 0 Å². The first-order valence-corrected chi connectivity index (χ1v) is 8.04. The van der Waals surface area contributed by atoms with Gasteiger partial charge in [-0.2, -0.15) is 13.2 Å². The van der Waals surface area contributed by atoms with Gasteiger partial charge in [0.2, 0.25) is 0 Å². The molecular weight excluding hydrogens is 363 g/mol. The maximum absolute atomic E-state index is 12.5. The monoisotopic (exact) mass is 377 g/mol. The largest absolute Gasteiger partial charge is 0.452 e. The van der Waals surface area contributed by atoms with Crippen LogP contribution in [0.4, 0.5) is 13.2 Å². The van der Waals surface area contributed by atoms with Gasteiger partial charge in [-0.3, -0.25) is 14.5 Å². The van der Waals surface area contributed by atoms with Crippen LogP contribution in [0.2, 0.25) is 0 Å². The first kappa shape index (κ1) is 18.6. The normalized spacial score (nSPS) is 13.7. The summed E-state index contributed by atoms with van der Waals surface area (Å²) in [6, 6.07) is 12.8. The Morgan fingerprint density at radius 1 is 0.963 bits per heavy atom. The number of esters is 1. The molecule has 140 valence electrons. The molecule has 5 nitrogen and oxygen atoms in total. The molecule has 0 unspecified atom stereocenters. The van der Waals surface area contributed by atoms with Gasteiger partial charge in [0.05, 0.1) is 16.7 Å². The molecule has 27 heavy (non-hydrogen) atoms. The highest BCUT2D eigenvalue weighted by Crippen LogP contribution is 2.25. The molecule has 0 saturated carbocycles. The minimum atomic E-state index is -4.65. The predicted octanol–water partition coefficient (Wildman–Crippen LogP) is 3.24. The fourth-order valence-electron chi connectivity index (χ4n) is 2.74. The van der Waals surface area contributed by atoms with Crippen LogP contribution >= 0.6 is 0 Å². The molecule has 8 heteroatoms. The number of hydrogen-bond acceptors (Lipinski definition) is 4. The minimum Gasteiger partial charge on any atom is -0.452 e. The molecule has 2 aromatic carbocycles. The molecule has 3 rings (SSSR count). The molecular formula is C19H14F3NO4. The molecule has 0 aliphatic carbocycles. The lowest BCUT2D eigenvalue weighted by atomic mass is 10.1. The third-order valence-corrected chi connectivity index (χ3v) is 4.04. The molecule has 1 aliphatic heterocycles. The third kappa shape index (κ3) is 4.16. The Morgan fingerprint density at radius 3 is 2.30 bits per heavy atom. The van der Waals surface area contributed by atoms with Gasteiger partial charge in [0.25, 0.3) is 11.8 Å². The van der Waals surface area contributed by atoms with Crippen molar-refractivity contribution in [1.82, 2.24) is 4.90 Å². The highest BCUT2D eigenvalue weighted by atomic mass is 19.4. The number of fused-ring (bicyclic) bond motifs is 1. The highest BCUT2D eigenvalue weighted by molar-refractivity contribution is 6.21. The van der Waals surface area contributed by atoms with Crippen molar-refractivity contribution in [2.24, 2.45) is 0 Å². The summed E-state index contributed by atoms with van der Waals surface area (Å²) in [4.78, 5) is 37.7. The molecule has 0 fully saturated rings. The maximum Gasteiger partial charge on any atom is 0.422 e. The van der Waals surface area contributed by atoms with Crippen LogP contribution in [-0.2, 0) is 11.2 Å². The van der Waals surface area contributed by atoms with E-state index in [9.17, 15) is 27.6 Å². The second-order valence-electron chi connectivity index (χ2n) is 5.95. The predicted molar refractivity (Wildman–Crippen MR) is 88.3 cm³/mol. The summed E-state index contributed by atoms with van der Waals surface area (Å²) in [7, 11) is 0. The zero-order valence-corrected chi connectivity index (χ0v) is 14.0. The second kappa shape index (κ2) is 7.22. The number of halogens is 3. The van der Waals surface area contributed by atoms with Crippen molar-refractivity contribution in [1.29, 1.82) is 0 Å². The van der Waals surface area contributed by atoms with Crippen LogP contribution in [0.25, 0.3) is 0 Å². The lowest BCUT2D eigenvalue weighted by Crippen LogP contribution is -2.31. The lowest BCUT2D eigenvalue weighted by Gasteiger charge is -2.13. The van der Waals surface area contributed by atoms with Gasteiger partial charge in [-0.05, 0) is 30.2 Å². The van der Waals surface area contributed by atoms with E-state index in [1.807, 2.05) is 30.3 Å². The lowest BCUT2D eigenvalue weighted by molar-refractivity contribution is -0.161. The fourth-order valence-corrected chi connectivity index (χ4v) is 2.74. The number of carbonyl (C=O) groups is 3. The zero-order chi connectivity index (χ0) is 19.6. The Labute approximate surface area is 152 Å². The van der Waals surface area contributed by atoms with Crippen LogP contribution in [0.1, 0.15) is 36.6 Å². The van der Waals surface area contributed by atoms with Gasteiger partial charge < -0.3 is 4.74 Å². The van der Waals surface area contributed by atoms with E-state index in [0.717, 1.165) is 16.5 Å². The smallest absolute Gasteiger partial charge is 0.422 e. The van der Waals surface area contributed by atoms with Gasteiger partial charge in [0.15, 0.2) is 6.61 Å². The molecule has 1 aliphatic rings. The number of benzene rings is 2. The van der Waals surface area contributed by atoms with E-state index < -0.39 is 30.6 Å². The average Bonchev–Trinajstić information content (AvgIpc) is 2.88. The zero-order valence-electron chi connectivity index (χ0n) is 14.0. The Hall–Kier alpha value is -3.16. The average molecular weight is 377 g/mol. The van der Waals surface area contributed by atoms with E-state index >= 15 is 0 Å². The highest BCUT2D eigenvalue weighted by Gasteiger charge is 2.36. The van der Waals surface area contributed by atoms with Crippen LogP contribution in [0.3, 0.4) is 0 Å². The van der Waals surface area contributed by atoms with Crippen LogP contribution in [0.15, 0.2) is 48.5 Å². The molecule has 1 heterocycles. The summed E-state index contributed by atoms with van der Waals surface area (Å²) in [5.74, 6) is -2.30. The Balaban J connectivity index is 1.73. The fraction of sp³-hybridized carbons (Fsp3) is 0.211. The van der Waals surface area contributed by atoms with E-state index in [0.29, 0.717) is 6.42 Å². The van der Waals surface area contributed by atoms with Crippen molar-refractivity contribution < 1.29 is 32.3 Å². The standard InChI is InChI=1S/C19H14F3NO4/c20-19(21,22)11-27-18(26)13-6-7-14-15(10-13)17(25)23(16(14)24)9-8-12-4-2-1-3-5-12/h1-7,10H,8-9,11H2. The number of nitrogens with zero attached hydrogens (tertiary/aromatic N) is 1. The van der Waals surface area contributed by atoms with Gasteiger partial charge in [0.1, 0.15) is 0 Å². The molecule has 0 bridgehead atoms. The Morgan fingerprint density at radius 2 is 1.63 bits per heavy atom. The van der Waals surface area contributed by atoms with E-state index in [2.05, 4.69) is 4.74 Å². The maximum atomic E-state index is 12.5. The van der Waals surface area contributed by atoms with Crippen LogP contribution < -0.4 is 0 Å². The van der Waals surface area contributed by atoms with Crippen LogP contribution in [-0.4, -0.2) is 42.0 Å². The first-order valence-electron chi connectivity index (χ1n) is 8.04. The van der Waals surface area contributed by atoms with Crippen molar-refractivity contribution in [2.75, 3.05) is 13.2 Å². The van der Waals surface area contributed by atoms with Gasteiger partial charge in [-0.1, -0.05) is 30.3 Å². The van der Waals surface area contributed by atoms with Crippen molar-refractivity contribution >= 4 is 17.8 Å². The Kier molecular flexibility index (Phi) is 4.98. The first-order chi connectivity index (χ1) is 12.8. The third-order valence-electron chi connectivity index (χ3n) is 4.04. The summed E-state index contributed by atoms with van der Waals surface area (Å²) in [6.45, 7) is -1.57. The summed E-state index contributed by atoms with van der Waals surface area (Å²) in [5.41, 5.74) is 0.824. The van der Waals surface area contributed by atoms with E-state index in [1.54, 1.807) is 0 Å². The molecule has 2 amide bonds. The van der Waals surface area contributed by atoms with E-state index in [1.165, 1.54) is 12.1 Å². The number of alkyl halides is 3. The minimum absolute atomic E-state index is 0.0190. The molecule has 0 atom stereocenters. The molecule has 0 radical (unpaired) electrons. The number of amides is 2. The summed E-state index contributed by atoms with van der Waals surface area (Å²) < 4.78 is 40.6. The SMILES string of the molecule is O=C(OCC(F)(F)F)c1ccc2c(c1)C(=O)N(CCc1ccccc1)C2=O. The van der Waals surface area contributed by atoms with Crippen molar-refractivity contribution in [2.45, 2.75) is 12.6 Å². The van der Waals surface area contributed by atoms with Crippen LogP contribution in [0, 0.1) is 0 Å². The van der Waals surface area contributed by atoms with Crippen molar-refractivity contribution in [3.05, 3.63) is 70.8 Å². The molecule has 2 aromatic rings. The summed E-state index contributed by atoms with van der Waals surface area (Å²) >= 11 is 0. The number of ether oxygens (including phenoxy) is 1. The molecule has 0 N–H and O–H groups in total. The number of rotatable bonds is 5. The number of imide groups is 1. The summed E-state index contributed by atoms with van der Waals surface area (Å²) in [6.07, 6.45) is -4.18. The van der Waals surface area contributed by atoms with E-state index in [-0.39, 0.29) is 23.2 Å². The quantitative estimate of drug-likeness (QED) is 0.593. The van der Waals surface area contributed by atoms with Crippen molar-refractivity contribution in [3.63, 3.8) is 0 Å². The topological polar surface area (TPSA) is 63.7 Å². The van der Waals surface area contributed by atoms with Gasteiger partial charge in [-0.25, -0.2) is 4.79 Å². The Bertz CT molecular complexity index is 894. The summed E-state index contributed by atoms with van der Waals surface area (Å²) in [5, 5.41) is 0. The number of hydrogen-bond donors (Lipinski definition) is 0.